The van der Waals surface area contributed by atoms with E-state index in [-0.39, 0.29) is 23.5 Å². The number of anilines is 2. The Labute approximate surface area is 263 Å². The first-order valence-electron chi connectivity index (χ1n) is 15.5. The number of ether oxygens (including phenoxy) is 2. The number of nitrogens with zero attached hydrogens (tertiary/aromatic N) is 4. The van der Waals surface area contributed by atoms with Crippen LogP contribution in [-0.2, 0) is 9.53 Å². The molecular formula is C35H40N6O4. The van der Waals surface area contributed by atoms with Gasteiger partial charge in [-0.2, -0.15) is 0 Å². The second-order valence-electron chi connectivity index (χ2n) is 13.3. The molecule has 2 fully saturated rings. The number of pyridine rings is 1. The van der Waals surface area contributed by atoms with E-state index in [4.69, 9.17) is 14.5 Å². The van der Waals surface area contributed by atoms with Gasteiger partial charge in [-0.3, -0.25) is 4.79 Å². The van der Waals surface area contributed by atoms with Crippen molar-refractivity contribution in [3.8, 4) is 22.9 Å². The molecule has 2 aromatic heterocycles. The van der Waals surface area contributed by atoms with Crippen molar-refractivity contribution < 1.29 is 19.1 Å². The Morgan fingerprint density at radius 3 is 2.60 bits per heavy atom. The highest BCUT2D eigenvalue weighted by molar-refractivity contribution is 6.06. The first kappa shape index (κ1) is 30.3. The summed E-state index contributed by atoms with van der Waals surface area (Å²) in [5.74, 6) is 1.58. The SMILES string of the molecule is Cc1ccc2c(NC(=O)C3(C)CC3)cccc2c1Oc1ncccc1-c1ccnc(NC2CCCN(C(=O)OC(C)(C)C)C2)n1. The Balaban J connectivity index is 1.23. The maximum Gasteiger partial charge on any atom is 0.410 e. The highest BCUT2D eigenvalue weighted by Gasteiger charge is 2.45. The number of hydrogen-bond acceptors (Lipinski definition) is 8. The Kier molecular flexibility index (Phi) is 8.07. The van der Waals surface area contributed by atoms with Gasteiger partial charge in [0.05, 0.1) is 11.3 Å². The van der Waals surface area contributed by atoms with Crippen LogP contribution in [0.5, 0.6) is 11.6 Å². The fraction of sp³-hybridized carbons (Fsp3) is 0.400. The number of benzene rings is 2. The Bertz CT molecular complexity index is 1750. The molecule has 1 aliphatic carbocycles. The van der Waals surface area contributed by atoms with E-state index in [0.29, 0.717) is 41.9 Å². The summed E-state index contributed by atoms with van der Waals surface area (Å²) in [6, 6.07) is 15.4. The third-order valence-electron chi connectivity index (χ3n) is 8.31. The van der Waals surface area contributed by atoms with E-state index in [9.17, 15) is 9.59 Å². The lowest BCUT2D eigenvalue weighted by Gasteiger charge is -2.34. The predicted octanol–water partition coefficient (Wildman–Crippen LogP) is 7.34. The second-order valence-corrected chi connectivity index (χ2v) is 13.3. The van der Waals surface area contributed by atoms with Gasteiger partial charge in [-0.1, -0.05) is 31.2 Å². The molecule has 4 aromatic rings. The highest BCUT2D eigenvalue weighted by atomic mass is 16.6. The first-order valence-corrected chi connectivity index (χ1v) is 15.5. The summed E-state index contributed by atoms with van der Waals surface area (Å²) < 4.78 is 12.1. The molecule has 10 heteroatoms. The molecule has 1 aliphatic heterocycles. The summed E-state index contributed by atoms with van der Waals surface area (Å²) >= 11 is 0. The molecule has 2 N–H and O–H groups in total. The zero-order chi connectivity index (χ0) is 31.8. The van der Waals surface area contributed by atoms with Crippen LogP contribution in [0.3, 0.4) is 0 Å². The monoisotopic (exact) mass is 608 g/mol. The molecule has 3 heterocycles. The number of carbonyl (C=O) groups is 2. The molecular weight excluding hydrogens is 568 g/mol. The number of piperidine rings is 1. The van der Waals surface area contributed by atoms with Gasteiger partial charge in [0.2, 0.25) is 17.7 Å². The normalized spacial score (nSPS) is 17.4. The molecule has 2 aliphatic rings. The van der Waals surface area contributed by atoms with Crippen molar-refractivity contribution in [1.82, 2.24) is 19.9 Å². The van der Waals surface area contributed by atoms with Gasteiger partial charge in [0.1, 0.15) is 11.4 Å². The van der Waals surface area contributed by atoms with Crippen LogP contribution in [-0.4, -0.2) is 56.6 Å². The maximum atomic E-state index is 12.8. The standard InChI is InChI=1S/C35H40N6O4/c1-22-13-14-24-25(10-6-12-27(24)39-31(42)35(5)16-17-35)29(22)44-30-26(11-7-18-36-30)28-15-19-37-32(40-28)38-23-9-8-20-41(21-23)33(43)45-34(2,3)4/h6-7,10-15,18-19,23H,8-9,16-17,20-21H2,1-5H3,(H,39,42)(H,37,38,40). The topological polar surface area (TPSA) is 119 Å². The van der Waals surface area contributed by atoms with E-state index in [1.807, 2.05) is 83.1 Å². The number of aromatic nitrogens is 3. The second kappa shape index (κ2) is 12.0. The van der Waals surface area contributed by atoms with E-state index in [0.717, 1.165) is 47.7 Å². The molecule has 2 amide bonds. The van der Waals surface area contributed by atoms with Crippen LogP contribution in [0.1, 0.15) is 58.9 Å². The Morgan fingerprint density at radius 2 is 1.82 bits per heavy atom. The number of likely N-dealkylation sites (tertiary alicyclic amines) is 1. The van der Waals surface area contributed by atoms with E-state index >= 15 is 0 Å². The van der Waals surface area contributed by atoms with Gasteiger partial charge in [0, 0.05) is 53.4 Å². The zero-order valence-corrected chi connectivity index (χ0v) is 26.5. The average Bonchev–Trinajstić information content (AvgIpc) is 3.77. The molecule has 0 bridgehead atoms. The molecule has 234 valence electrons. The third-order valence-corrected chi connectivity index (χ3v) is 8.31. The molecule has 6 rings (SSSR count). The summed E-state index contributed by atoms with van der Waals surface area (Å²) in [6.45, 7) is 10.8. The third kappa shape index (κ3) is 6.84. The molecule has 1 saturated heterocycles. The van der Waals surface area contributed by atoms with Crippen LogP contribution in [0, 0.1) is 12.3 Å². The summed E-state index contributed by atoms with van der Waals surface area (Å²) in [5.41, 5.74) is 2.23. The number of carbonyl (C=O) groups excluding carboxylic acids is 2. The van der Waals surface area contributed by atoms with Crippen molar-refractivity contribution in [2.45, 2.75) is 71.9 Å². The van der Waals surface area contributed by atoms with Crippen molar-refractivity contribution in [2.75, 3.05) is 23.7 Å². The number of fused-ring (bicyclic) bond motifs is 1. The number of aryl methyl sites for hydroxylation is 1. The minimum absolute atomic E-state index is 0.0124. The number of hydrogen-bond donors (Lipinski definition) is 2. The van der Waals surface area contributed by atoms with Crippen LogP contribution in [0.15, 0.2) is 60.9 Å². The number of rotatable bonds is 7. The highest BCUT2D eigenvalue weighted by Crippen LogP contribution is 2.46. The fourth-order valence-electron chi connectivity index (χ4n) is 5.48. The predicted molar refractivity (Wildman–Crippen MR) is 174 cm³/mol. The van der Waals surface area contributed by atoms with Crippen molar-refractivity contribution >= 4 is 34.4 Å². The molecule has 0 spiro atoms. The summed E-state index contributed by atoms with van der Waals surface area (Å²) in [7, 11) is 0. The maximum absolute atomic E-state index is 12.8. The Hall–Kier alpha value is -4.73. The van der Waals surface area contributed by atoms with Crippen LogP contribution in [0.2, 0.25) is 0 Å². The van der Waals surface area contributed by atoms with Gasteiger partial charge in [0.25, 0.3) is 0 Å². The lowest BCUT2D eigenvalue weighted by Crippen LogP contribution is -2.47. The molecule has 1 unspecified atom stereocenters. The van der Waals surface area contributed by atoms with Gasteiger partial charge >= 0.3 is 6.09 Å². The van der Waals surface area contributed by atoms with Crippen molar-refractivity contribution in [3.63, 3.8) is 0 Å². The largest absolute Gasteiger partial charge is 0.444 e. The minimum Gasteiger partial charge on any atom is -0.444 e. The van der Waals surface area contributed by atoms with Gasteiger partial charge < -0.3 is 25.0 Å². The zero-order valence-electron chi connectivity index (χ0n) is 26.5. The minimum atomic E-state index is -0.546. The smallest absolute Gasteiger partial charge is 0.410 e. The van der Waals surface area contributed by atoms with Gasteiger partial charge in [-0.05, 0) is 83.2 Å². The molecule has 0 radical (unpaired) electrons. The molecule has 10 nitrogen and oxygen atoms in total. The van der Waals surface area contributed by atoms with Crippen molar-refractivity contribution in [3.05, 3.63) is 66.5 Å². The first-order chi connectivity index (χ1) is 21.5. The lowest BCUT2D eigenvalue weighted by atomic mass is 10.0. The summed E-state index contributed by atoms with van der Waals surface area (Å²) in [6.07, 6.45) is 6.64. The van der Waals surface area contributed by atoms with Gasteiger partial charge in [-0.15, -0.1) is 0 Å². The van der Waals surface area contributed by atoms with E-state index in [2.05, 4.69) is 20.6 Å². The molecule has 1 atom stereocenters. The van der Waals surface area contributed by atoms with Crippen LogP contribution in [0.25, 0.3) is 22.0 Å². The van der Waals surface area contributed by atoms with Gasteiger partial charge in [0.15, 0.2) is 0 Å². The molecule has 1 saturated carbocycles. The summed E-state index contributed by atoms with van der Waals surface area (Å²) in [5, 5.41) is 8.32. The molecule has 2 aromatic carbocycles. The van der Waals surface area contributed by atoms with Crippen molar-refractivity contribution in [1.29, 1.82) is 0 Å². The average molecular weight is 609 g/mol. The number of nitrogens with one attached hydrogen (secondary N) is 2. The van der Waals surface area contributed by atoms with Crippen LogP contribution >= 0.6 is 0 Å². The van der Waals surface area contributed by atoms with E-state index in [1.165, 1.54) is 0 Å². The fourth-order valence-corrected chi connectivity index (χ4v) is 5.48. The number of amides is 2. The Morgan fingerprint density at radius 1 is 1.00 bits per heavy atom. The van der Waals surface area contributed by atoms with Gasteiger partial charge in [-0.25, -0.2) is 19.7 Å². The quantitative estimate of drug-likeness (QED) is 0.224. The van der Waals surface area contributed by atoms with Crippen LogP contribution < -0.4 is 15.4 Å². The summed E-state index contributed by atoms with van der Waals surface area (Å²) in [4.78, 5) is 41.1. The molecule has 45 heavy (non-hydrogen) atoms. The van der Waals surface area contributed by atoms with E-state index in [1.54, 1.807) is 17.3 Å². The lowest BCUT2D eigenvalue weighted by molar-refractivity contribution is -0.120. The van der Waals surface area contributed by atoms with E-state index < -0.39 is 5.60 Å². The van der Waals surface area contributed by atoms with Crippen molar-refractivity contribution in [2.24, 2.45) is 5.41 Å². The van der Waals surface area contributed by atoms with Crippen LogP contribution in [0.4, 0.5) is 16.4 Å².